The molecule has 2 heterocycles. The second kappa shape index (κ2) is 11.3. The highest BCUT2D eigenvalue weighted by Gasteiger charge is 2.26. The summed E-state index contributed by atoms with van der Waals surface area (Å²) in [5.74, 6) is -1.33. The fraction of sp³-hybridized carbons (Fsp3) is 0.545. The lowest BCUT2D eigenvalue weighted by molar-refractivity contribution is -0.121. The van der Waals surface area contributed by atoms with E-state index in [-0.39, 0.29) is 24.7 Å². The molecule has 33 heavy (non-hydrogen) atoms. The number of amides is 1. The first-order valence-corrected chi connectivity index (χ1v) is 11.9. The smallest absolute Gasteiger partial charge is 0.348 e. The number of methoxy groups -OCH3 is 1. The van der Waals surface area contributed by atoms with E-state index in [2.05, 4.69) is 4.98 Å². The lowest BCUT2D eigenvalue weighted by Gasteiger charge is -2.24. The third kappa shape index (κ3) is 5.72. The average molecular weight is 479 g/mol. The predicted octanol–water partition coefficient (Wildman–Crippen LogP) is 1.70. The highest BCUT2D eigenvalue weighted by molar-refractivity contribution is 7.14. The third-order valence-electron chi connectivity index (χ3n) is 5.56. The Morgan fingerprint density at radius 3 is 2.73 bits per heavy atom. The van der Waals surface area contributed by atoms with Crippen molar-refractivity contribution >= 4 is 34.7 Å². The van der Waals surface area contributed by atoms with E-state index in [1.54, 1.807) is 0 Å². The van der Waals surface area contributed by atoms with Gasteiger partial charge in [-0.2, -0.15) is 0 Å². The van der Waals surface area contributed by atoms with Crippen LogP contribution in [0, 0.1) is 0 Å². The van der Waals surface area contributed by atoms with Crippen molar-refractivity contribution in [3.05, 3.63) is 42.2 Å². The quantitative estimate of drug-likeness (QED) is 0.496. The molecule has 0 spiro atoms. The topological polar surface area (TPSA) is 137 Å². The number of carbonyl (C=O) groups is 2. The molecule has 0 radical (unpaired) electrons. The SMILES string of the molecule is CCCCn1c(N)c(N(CCOC)C(=O)COC(=O)c2cc3c(s2)CCCC3)c(=O)[nH]c1=O. The summed E-state index contributed by atoms with van der Waals surface area (Å²) in [7, 11) is 1.46. The number of nitrogen functional groups attached to an aromatic ring is 1. The molecule has 10 nitrogen and oxygen atoms in total. The second-order valence-electron chi connectivity index (χ2n) is 7.88. The standard InChI is InChI=1S/C22H30N4O6S/c1-3-4-9-26-19(23)18(20(28)24-22(26)30)25(10-11-31-2)17(27)13-32-21(29)16-12-14-7-5-6-8-15(14)33-16/h12H,3-11,13,23H2,1-2H3,(H,24,28,30). The molecule has 0 unspecified atom stereocenters. The lowest BCUT2D eigenvalue weighted by Crippen LogP contribution is -2.44. The van der Waals surface area contributed by atoms with E-state index in [0.29, 0.717) is 17.8 Å². The van der Waals surface area contributed by atoms with E-state index in [1.165, 1.54) is 33.5 Å². The van der Waals surface area contributed by atoms with Crippen LogP contribution in [0.5, 0.6) is 0 Å². The third-order valence-corrected chi connectivity index (χ3v) is 6.78. The summed E-state index contributed by atoms with van der Waals surface area (Å²) >= 11 is 1.40. The second-order valence-corrected chi connectivity index (χ2v) is 9.02. The number of nitrogens with one attached hydrogen (secondary N) is 1. The first-order valence-electron chi connectivity index (χ1n) is 11.1. The number of hydrogen-bond donors (Lipinski definition) is 2. The summed E-state index contributed by atoms with van der Waals surface area (Å²) in [5.41, 5.74) is 5.73. The van der Waals surface area contributed by atoms with E-state index in [4.69, 9.17) is 15.2 Å². The number of hydrogen-bond acceptors (Lipinski definition) is 8. The number of rotatable bonds is 10. The number of unbranched alkanes of at least 4 members (excludes halogenated alkanes) is 1. The summed E-state index contributed by atoms with van der Waals surface area (Å²) < 4.78 is 11.6. The van der Waals surface area contributed by atoms with Crippen molar-refractivity contribution < 1.29 is 19.1 Å². The molecule has 0 aromatic carbocycles. The molecule has 3 rings (SSSR count). The maximum Gasteiger partial charge on any atom is 0.348 e. The number of esters is 1. The van der Waals surface area contributed by atoms with Crippen molar-refractivity contribution in [2.45, 2.75) is 52.0 Å². The van der Waals surface area contributed by atoms with E-state index in [0.717, 1.165) is 37.0 Å². The fourth-order valence-electron chi connectivity index (χ4n) is 3.79. The van der Waals surface area contributed by atoms with Gasteiger partial charge in [-0.3, -0.25) is 24.0 Å². The zero-order valence-corrected chi connectivity index (χ0v) is 19.8. The van der Waals surface area contributed by atoms with Gasteiger partial charge >= 0.3 is 11.7 Å². The number of nitrogens with two attached hydrogens (primary N) is 1. The van der Waals surface area contributed by atoms with Crippen LogP contribution in [-0.2, 0) is 33.7 Å². The number of aryl methyl sites for hydroxylation is 2. The number of H-pyrrole nitrogens is 1. The average Bonchev–Trinajstić information content (AvgIpc) is 3.23. The van der Waals surface area contributed by atoms with Gasteiger partial charge in [0.2, 0.25) is 0 Å². The van der Waals surface area contributed by atoms with E-state index >= 15 is 0 Å². The van der Waals surface area contributed by atoms with Crippen LogP contribution < -0.4 is 21.9 Å². The molecule has 1 amide bonds. The molecule has 0 bridgehead atoms. The van der Waals surface area contributed by atoms with Crippen molar-refractivity contribution in [3.8, 4) is 0 Å². The molecular weight excluding hydrogens is 448 g/mol. The van der Waals surface area contributed by atoms with Gasteiger partial charge in [0, 0.05) is 25.1 Å². The Hall–Kier alpha value is -2.92. The Morgan fingerprint density at radius 2 is 2.03 bits per heavy atom. The Morgan fingerprint density at radius 1 is 1.27 bits per heavy atom. The minimum Gasteiger partial charge on any atom is -0.451 e. The Balaban J connectivity index is 1.80. The van der Waals surface area contributed by atoms with Gasteiger partial charge in [0.1, 0.15) is 10.7 Å². The predicted molar refractivity (Wildman–Crippen MR) is 126 cm³/mol. The zero-order valence-electron chi connectivity index (χ0n) is 19.0. The van der Waals surface area contributed by atoms with Crippen molar-refractivity contribution in [3.63, 3.8) is 0 Å². The van der Waals surface area contributed by atoms with Crippen LogP contribution in [0.25, 0.3) is 0 Å². The summed E-state index contributed by atoms with van der Waals surface area (Å²) in [6.07, 6.45) is 5.58. The molecule has 11 heteroatoms. The number of fused-ring (bicyclic) bond motifs is 1. The molecule has 0 atom stereocenters. The summed E-state index contributed by atoms with van der Waals surface area (Å²) in [6.45, 7) is 1.80. The fourth-order valence-corrected chi connectivity index (χ4v) is 4.94. The maximum atomic E-state index is 13.0. The van der Waals surface area contributed by atoms with Gasteiger partial charge in [0.25, 0.3) is 11.5 Å². The van der Waals surface area contributed by atoms with Crippen LogP contribution in [0.15, 0.2) is 15.7 Å². The highest BCUT2D eigenvalue weighted by Crippen LogP contribution is 2.30. The maximum absolute atomic E-state index is 13.0. The monoisotopic (exact) mass is 478 g/mol. The zero-order chi connectivity index (χ0) is 24.0. The van der Waals surface area contributed by atoms with Crippen LogP contribution >= 0.6 is 11.3 Å². The Kier molecular flexibility index (Phi) is 8.45. The number of aromatic amines is 1. The molecule has 2 aromatic heterocycles. The lowest BCUT2D eigenvalue weighted by atomic mass is 9.99. The molecule has 1 aliphatic rings. The molecule has 2 aromatic rings. The van der Waals surface area contributed by atoms with Crippen LogP contribution in [0.3, 0.4) is 0 Å². The van der Waals surface area contributed by atoms with Gasteiger partial charge in [-0.15, -0.1) is 11.3 Å². The minimum absolute atomic E-state index is 0.000552. The van der Waals surface area contributed by atoms with E-state index in [9.17, 15) is 19.2 Å². The van der Waals surface area contributed by atoms with E-state index in [1.807, 2.05) is 13.0 Å². The van der Waals surface area contributed by atoms with Crippen LogP contribution in [-0.4, -0.2) is 48.3 Å². The number of anilines is 2. The van der Waals surface area contributed by atoms with Crippen molar-refractivity contribution in [2.24, 2.45) is 0 Å². The minimum atomic E-state index is -0.785. The van der Waals surface area contributed by atoms with Gasteiger partial charge in [-0.05, 0) is 43.7 Å². The van der Waals surface area contributed by atoms with Crippen LogP contribution in [0.2, 0.25) is 0 Å². The molecule has 0 saturated heterocycles. The van der Waals surface area contributed by atoms with Crippen molar-refractivity contribution in [1.29, 1.82) is 0 Å². The normalized spacial score (nSPS) is 12.9. The molecule has 0 fully saturated rings. The number of nitrogens with zero attached hydrogens (tertiary/aromatic N) is 2. The molecule has 180 valence electrons. The highest BCUT2D eigenvalue weighted by atomic mass is 32.1. The molecular formula is C22H30N4O6S. The number of thiophene rings is 1. The van der Waals surface area contributed by atoms with Crippen LogP contribution in [0.4, 0.5) is 11.5 Å². The van der Waals surface area contributed by atoms with E-state index < -0.39 is 29.7 Å². The molecule has 0 aliphatic heterocycles. The van der Waals surface area contributed by atoms with Gasteiger partial charge < -0.3 is 15.2 Å². The van der Waals surface area contributed by atoms with Crippen molar-refractivity contribution in [1.82, 2.24) is 9.55 Å². The number of carbonyl (C=O) groups excluding carboxylic acids is 2. The number of aromatic nitrogens is 2. The summed E-state index contributed by atoms with van der Waals surface area (Å²) in [4.78, 5) is 55.3. The van der Waals surface area contributed by atoms with Crippen molar-refractivity contribution in [2.75, 3.05) is 37.5 Å². The molecule has 1 aliphatic carbocycles. The largest absolute Gasteiger partial charge is 0.451 e. The number of ether oxygens (including phenoxy) is 2. The Labute approximate surface area is 195 Å². The van der Waals surface area contributed by atoms with Gasteiger partial charge in [-0.25, -0.2) is 9.59 Å². The van der Waals surface area contributed by atoms with Gasteiger partial charge in [-0.1, -0.05) is 13.3 Å². The molecule has 0 saturated carbocycles. The first-order chi connectivity index (χ1) is 15.9. The summed E-state index contributed by atoms with van der Waals surface area (Å²) in [6, 6.07) is 1.83. The van der Waals surface area contributed by atoms with Gasteiger partial charge in [0.15, 0.2) is 12.3 Å². The Bertz CT molecular complexity index is 1100. The van der Waals surface area contributed by atoms with Crippen LogP contribution in [0.1, 0.15) is 52.7 Å². The molecule has 3 N–H and O–H groups in total. The first kappa shape index (κ1) is 24.7. The van der Waals surface area contributed by atoms with Gasteiger partial charge in [0.05, 0.1) is 6.61 Å². The summed E-state index contributed by atoms with van der Waals surface area (Å²) in [5, 5.41) is 0.